The molecule has 3 N–H and O–H groups in total. The minimum Gasteiger partial charge on any atom is -0.363 e. The highest BCUT2D eigenvalue weighted by atomic mass is 35.5. The summed E-state index contributed by atoms with van der Waals surface area (Å²) in [5.41, 5.74) is -0.739. The number of hydrogen-bond donors (Lipinski definition) is 3. The highest BCUT2D eigenvalue weighted by molar-refractivity contribution is 6.30. The maximum atomic E-state index is 14.4. The molecule has 7 nitrogen and oxygen atoms in total. The van der Waals surface area contributed by atoms with Crippen LogP contribution in [0, 0.1) is 5.82 Å². The lowest BCUT2D eigenvalue weighted by atomic mass is 9.95. The minimum atomic E-state index is -2.08. The highest BCUT2D eigenvalue weighted by Crippen LogP contribution is 2.32. The first-order chi connectivity index (χ1) is 12.2. The van der Waals surface area contributed by atoms with E-state index in [1.165, 1.54) is 6.07 Å². The molecule has 0 saturated carbocycles. The van der Waals surface area contributed by atoms with E-state index in [2.05, 4.69) is 5.32 Å². The van der Waals surface area contributed by atoms with Crippen LogP contribution < -0.4 is 10.6 Å². The quantitative estimate of drug-likeness (QED) is 0.685. The Labute approximate surface area is 154 Å². The van der Waals surface area contributed by atoms with Crippen molar-refractivity contribution in [3.63, 3.8) is 0 Å². The Morgan fingerprint density at radius 1 is 1.46 bits per heavy atom. The molecule has 0 bridgehead atoms. The number of nitrogens with zero attached hydrogens (tertiary/aromatic N) is 1. The summed E-state index contributed by atoms with van der Waals surface area (Å²) in [6.07, 6.45) is 0.124. The number of urea groups is 1. The molecule has 1 aromatic carbocycles. The zero-order valence-electron chi connectivity index (χ0n) is 14.1. The fourth-order valence-electron chi connectivity index (χ4n) is 3.46. The number of rotatable bonds is 3. The van der Waals surface area contributed by atoms with E-state index in [1.807, 2.05) is 12.2 Å². The molecule has 9 heteroatoms. The molecule has 2 aliphatic rings. The van der Waals surface area contributed by atoms with Gasteiger partial charge in [-0.1, -0.05) is 24.6 Å². The fraction of sp³-hybridized carbons (Fsp3) is 0.471. The molecule has 0 unspecified atom stereocenters. The van der Waals surface area contributed by atoms with Crippen molar-refractivity contribution < 1.29 is 23.9 Å². The summed E-state index contributed by atoms with van der Waals surface area (Å²) >= 11 is 5.87. The molecule has 140 valence electrons. The van der Waals surface area contributed by atoms with Gasteiger partial charge >= 0.3 is 6.03 Å². The predicted octanol–water partition coefficient (Wildman–Crippen LogP) is 1.28. The molecule has 3 rings (SSSR count). The van der Waals surface area contributed by atoms with Gasteiger partial charge in [0.15, 0.2) is 0 Å². The molecule has 2 atom stereocenters. The van der Waals surface area contributed by atoms with E-state index in [9.17, 15) is 23.9 Å². The lowest BCUT2D eigenvalue weighted by molar-refractivity contribution is -0.140. The molecule has 0 aliphatic carbocycles. The number of fused-ring (bicyclic) bond motifs is 1. The number of benzene rings is 1. The standard InChI is InChI=1S/C17H19ClFN3O4/c1-9-8-22(7-5-10-2-3-11(18)14(19)13(9)10)12(23)4-6-17(26)15(24)20-16(25)21-17/h2-3,9,26H,4-8H2,1H3,(H2,20,21,24,25)/t9-,17-/m0/s1. The first-order valence-corrected chi connectivity index (χ1v) is 8.69. The van der Waals surface area contributed by atoms with E-state index in [1.54, 1.807) is 11.0 Å². The summed E-state index contributed by atoms with van der Waals surface area (Å²) in [5, 5.41) is 14.2. The Morgan fingerprint density at radius 3 is 2.85 bits per heavy atom. The number of imide groups is 1. The highest BCUT2D eigenvalue weighted by Gasteiger charge is 2.44. The summed E-state index contributed by atoms with van der Waals surface area (Å²) < 4.78 is 14.4. The van der Waals surface area contributed by atoms with Gasteiger partial charge in [0.1, 0.15) is 5.82 Å². The maximum Gasteiger partial charge on any atom is 0.324 e. The zero-order valence-corrected chi connectivity index (χ0v) is 14.9. The van der Waals surface area contributed by atoms with Crippen LogP contribution in [0.25, 0.3) is 0 Å². The van der Waals surface area contributed by atoms with Crippen molar-refractivity contribution in [3.05, 3.63) is 34.1 Å². The van der Waals surface area contributed by atoms with Crippen LogP contribution in [0.4, 0.5) is 9.18 Å². The van der Waals surface area contributed by atoms with Gasteiger partial charge in [0.2, 0.25) is 11.6 Å². The summed E-state index contributed by atoms with van der Waals surface area (Å²) in [6, 6.07) is 2.49. The van der Waals surface area contributed by atoms with Crippen molar-refractivity contribution >= 4 is 29.4 Å². The number of aliphatic hydroxyl groups is 1. The minimum absolute atomic E-state index is 0.0561. The van der Waals surface area contributed by atoms with Gasteiger partial charge in [-0.2, -0.15) is 0 Å². The third-order valence-corrected chi connectivity index (χ3v) is 5.13. The second-order valence-electron chi connectivity index (χ2n) is 6.69. The average Bonchev–Trinajstić information content (AvgIpc) is 2.74. The van der Waals surface area contributed by atoms with Crippen LogP contribution in [-0.2, 0) is 16.0 Å². The van der Waals surface area contributed by atoms with Crippen LogP contribution in [0.5, 0.6) is 0 Å². The van der Waals surface area contributed by atoms with Gasteiger partial charge in [0.25, 0.3) is 5.91 Å². The molecule has 2 heterocycles. The SMILES string of the molecule is C[C@H]1CN(C(=O)CC[C@@]2(O)NC(=O)NC2=O)CCc2ccc(Cl)c(F)c21. The molecule has 4 amide bonds. The maximum absolute atomic E-state index is 14.4. The lowest BCUT2D eigenvalue weighted by Crippen LogP contribution is -2.47. The molecule has 0 spiro atoms. The zero-order chi connectivity index (χ0) is 19.1. The Hall–Kier alpha value is -2.19. The van der Waals surface area contributed by atoms with Crippen molar-refractivity contribution in [1.82, 2.24) is 15.5 Å². The number of carbonyl (C=O) groups is 3. The van der Waals surface area contributed by atoms with Crippen LogP contribution in [-0.4, -0.2) is 46.7 Å². The third kappa shape index (κ3) is 3.39. The van der Waals surface area contributed by atoms with Gasteiger partial charge in [-0.05, 0) is 23.6 Å². The van der Waals surface area contributed by atoms with Crippen molar-refractivity contribution in [2.24, 2.45) is 0 Å². The molecule has 1 fully saturated rings. The van der Waals surface area contributed by atoms with E-state index in [0.717, 1.165) is 5.56 Å². The molecule has 0 radical (unpaired) electrons. The van der Waals surface area contributed by atoms with Gasteiger partial charge in [-0.15, -0.1) is 0 Å². The summed E-state index contributed by atoms with van der Waals surface area (Å²) in [6.45, 7) is 2.52. The second-order valence-corrected chi connectivity index (χ2v) is 7.10. The van der Waals surface area contributed by atoms with Crippen LogP contribution in [0.1, 0.15) is 36.8 Å². The van der Waals surface area contributed by atoms with Gasteiger partial charge in [-0.3, -0.25) is 14.9 Å². The Balaban J connectivity index is 1.68. The van der Waals surface area contributed by atoms with Gasteiger partial charge in [0.05, 0.1) is 5.02 Å². The largest absolute Gasteiger partial charge is 0.363 e. The first kappa shape index (κ1) is 18.6. The van der Waals surface area contributed by atoms with E-state index >= 15 is 0 Å². The molecule has 2 aliphatic heterocycles. The Kier molecular flexibility index (Phi) is 4.90. The van der Waals surface area contributed by atoms with Crippen molar-refractivity contribution in [2.75, 3.05) is 13.1 Å². The third-order valence-electron chi connectivity index (χ3n) is 4.84. The van der Waals surface area contributed by atoms with Crippen molar-refractivity contribution in [1.29, 1.82) is 0 Å². The predicted molar refractivity (Wildman–Crippen MR) is 91.0 cm³/mol. The molecular formula is C17H19ClFN3O4. The van der Waals surface area contributed by atoms with E-state index in [4.69, 9.17) is 11.6 Å². The molecule has 0 aromatic heterocycles. The summed E-state index contributed by atoms with van der Waals surface area (Å²) in [4.78, 5) is 36.9. The van der Waals surface area contributed by atoms with E-state index < -0.39 is 23.5 Å². The van der Waals surface area contributed by atoms with Gasteiger partial charge < -0.3 is 15.3 Å². The number of halogens is 2. The van der Waals surface area contributed by atoms with Crippen molar-refractivity contribution in [3.8, 4) is 0 Å². The Bertz CT molecular complexity index is 788. The van der Waals surface area contributed by atoms with Crippen LogP contribution in [0.2, 0.25) is 5.02 Å². The molecule has 1 saturated heterocycles. The van der Waals surface area contributed by atoms with E-state index in [0.29, 0.717) is 25.1 Å². The number of carbonyl (C=O) groups excluding carboxylic acids is 3. The summed E-state index contributed by atoms with van der Waals surface area (Å²) in [7, 11) is 0. The fourth-order valence-corrected chi connectivity index (χ4v) is 3.62. The second kappa shape index (κ2) is 6.85. The molecule has 26 heavy (non-hydrogen) atoms. The van der Waals surface area contributed by atoms with Crippen LogP contribution in [0.15, 0.2) is 12.1 Å². The molecular weight excluding hydrogens is 365 g/mol. The number of amides is 4. The normalized spacial score (nSPS) is 25.4. The lowest BCUT2D eigenvalue weighted by Gasteiger charge is -2.25. The number of hydrogen-bond acceptors (Lipinski definition) is 4. The Morgan fingerprint density at radius 2 is 2.19 bits per heavy atom. The van der Waals surface area contributed by atoms with E-state index in [-0.39, 0.29) is 29.7 Å². The topological polar surface area (TPSA) is 98.7 Å². The van der Waals surface area contributed by atoms with Crippen LogP contribution in [0.3, 0.4) is 0 Å². The smallest absolute Gasteiger partial charge is 0.324 e. The van der Waals surface area contributed by atoms with Crippen LogP contribution >= 0.6 is 11.6 Å². The monoisotopic (exact) mass is 383 g/mol. The van der Waals surface area contributed by atoms with Crippen molar-refractivity contribution in [2.45, 2.75) is 37.8 Å². The summed E-state index contributed by atoms with van der Waals surface area (Å²) in [5.74, 6) is -1.85. The first-order valence-electron chi connectivity index (χ1n) is 8.32. The molecule has 1 aromatic rings. The average molecular weight is 384 g/mol. The number of nitrogens with one attached hydrogen (secondary N) is 2. The van der Waals surface area contributed by atoms with Gasteiger partial charge in [0, 0.05) is 31.8 Å². The van der Waals surface area contributed by atoms with Gasteiger partial charge in [-0.25, -0.2) is 9.18 Å².